The highest BCUT2D eigenvalue weighted by Gasteiger charge is 2.38. The molecule has 9 aromatic rings. The van der Waals surface area contributed by atoms with Crippen molar-refractivity contribution in [2.45, 2.75) is 25.6 Å². The summed E-state index contributed by atoms with van der Waals surface area (Å²) in [6, 6.07) is 45.1. The molecule has 9 rings (SSSR count). The summed E-state index contributed by atoms with van der Waals surface area (Å²) in [6.07, 6.45) is 1.71. The number of fused-ring (bicyclic) bond motifs is 5. The highest BCUT2D eigenvalue weighted by molar-refractivity contribution is 6.88. The number of furan rings is 1. The molecule has 262 valence electrons. The minimum absolute atomic E-state index is 0.356. The van der Waals surface area contributed by atoms with Crippen molar-refractivity contribution in [1.82, 2.24) is 19.9 Å². The highest BCUT2D eigenvalue weighted by atomic mass is 28.3. The molecule has 0 aliphatic carbocycles. The van der Waals surface area contributed by atoms with Crippen molar-refractivity contribution in [3.05, 3.63) is 163 Å². The third-order valence-corrected chi connectivity index (χ3v) is 12.0. The maximum Gasteiger partial charge on any atom is 0.331 e. The number of aromatic nitrogens is 4. The molecule has 0 spiro atoms. The van der Waals surface area contributed by atoms with Gasteiger partial charge >= 0.3 is 5.92 Å². The van der Waals surface area contributed by atoms with Gasteiger partial charge in [0.05, 0.1) is 35.9 Å². The van der Waals surface area contributed by atoms with Gasteiger partial charge in [0.15, 0.2) is 5.65 Å². The van der Waals surface area contributed by atoms with E-state index in [-0.39, 0.29) is 5.69 Å². The second kappa shape index (κ2) is 12.9. The van der Waals surface area contributed by atoms with E-state index in [2.05, 4.69) is 46.7 Å². The first-order valence-corrected chi connectivity index (χ1v) is 21.4. The summed E-state index contributed by atoms with van der Waals surface area (Å²) in [5.74, 6) is -3.53. The van der Waals surface area contributed by atoms with Gasteiger partial charge < -0.3 is 4.42 Å². The molecule has 54 heavy (non-hydrogen) atoms. The SMILES string of the molecule is C[Si](C)(C)c1ccc(-c2cc(-c3ccccc3)nc(C(F)(F)c3cccc(-c4cccc5c4oc4c6cccnc6nc(-c6ccccc6)c54)n3)c2)cc1. The summed E-state index contributed by atoms with van der Waals surface area (Å²) in [4.78, 5) is 18.7. The first kappa shape index (κ1) is 33.5. The van der Waals surface area contributed by atoms with Crippen LogP contribution in [-0.4, -0.2) is 28.0 Å². The van der Waals surface area contributed by atoms with Gasteiger partial charge in [0.2, 0.25) is 0 Å². The van der Waals surface area contributed by atoms with Crippen molar-refractivity contribution in [3.8, 4) is 44.9 Å². The summed E-state index contributed by atoms with van der Waals surface area (Å²) >= 11 is 0. The number of hydrogen-bond acceptors (Lipinski definition) is 5. The highest BCUT2D eigenvalue weighted by Crippen LogP contribution is 2.43. The molecule has 5 aromatic heterocycles. The summed E-state index contributed by atoms with van der Waals surface area (Å²) in [5, 5.41) is 3.69. The zero-order chi connectivity index (χ0) is 37.0. The Morgan fingerprint density at radius 2 is 1.22 bits per heavy atom. The smallest absolute Gasteiger partial charge is 0.331 e. The molecule has 0 fully saturated rings. The predicted molar refractivity (Wildman–Crippen MR) is 217 cm³/mol. The van der Waals surface area contributed by atoms with Gasteiger partial charge in [-0.3, -0.25) is 0 Å². The fourth-order valence-electron chi connectivity index (χ4n) is 7.04. The van der Waals surface area contributed by atoms with Gasteiger partial charge in [-0.25, -0.2) is 19.9 Å². The monoisotopic (exact) mass is 724 g/mol. The number of rotatable bonds is 7. The quantitative estimate of drug-likeness (QED) is 0.153. The van der Waals surface area contributed by atoms with E-state index in [1.165, 1.54) is 17.3 Å². The maximum absolute atomic E-state index is 16.9. The first-order chi connectivity index (χ1) is 26.1. The van der Waals surface area contributed by atoms with Gasteiger partial charge in [-0.15, -0.1) is 0 Å². The van der Waals surface area contributed by atoms with Crippen molar-refractivity contribution in [1.29, 1.82) is 0 Å². The van der Waals surface area contributed by atoms with E-state index >= 15 is 8.78 Å². The average molecular weight is 725 g/mol. The molecule has 0 saturated heterocycles. The lowest BCUT2D eigenvalue weighted by atomic mass is 9.99. The van der Waals surface area contributed by atoms with Crippen LogP contribution in [0.3, 0.4) is 0 Å². The van der Waals surface area contributed by atoms with Crippen LogP contribution in [0.4, 0.5) is 8.78 Å². The second-order valence-electron chi connectivity index (χ2n) is 14.5. The Hall–Kier alpha value is -6.38. The zero-order valence-electron chi connectivity index (χ0n) is 29.9. The third kappa shape index (κ3) is 5.85. The first-order valence-electron chi connectivity index (χ1n) is 17.9. The Morgan fingerprint density at radius 3 is 1.96 bits per heavy atom. The molecular formula is C46H34F2N4OSi. The maximum atomic E-state index is 16.9. The number of benzene rings is 4. The van der Waals surface area contributed by atoms with Crippen LogP contribution in [0.25, 0.3) is 77.9 Å². The third-order valence-electron chi connectivity index (χ3n) is 9.90. The Labute approximate surface area is 312 Å². The van der Waals surface area contributed by atoms with Crippen molar-refractivity contribution >= 4 is 46.2 Å². The van der Waals surface area contributed by atoms with E-state index in [1.807, 2.05) is 109 Å². The molecule has 0 radical (unpaired) electrons. The molecule has 0 N–H and O–H groups in total. The van der Waals surface area contributed by atoms with Crippen molar-refractivity contribution < 1.29 is 13.2 Å². The molecule has 5 nitrogen and oxygen atoms in total. The van der Waals surface area contributed by atoms with Crippen LogP contribution in [0.15, 0.2) is 156 Å². The Morgan fingerprint density at radius 1 is 0.537 bits per heavy atom. The summed E-state index contributed by atoms with van der Waals surface area (Å²) < 4.78 is 40.5. The second-order valence-corrected chi connectivity index (χ2v) is 19.6. The lowest BCUT2D eigenvalue weighted by Crippen LogP contribution is -2.37. The molecule has 0 bridgehead atoms. The van der Waals surface area contributed by atoms with Gasteiger partial charge in [0.25, 0.3) is 0 Å². The molecule has 0 atom stereocenters. The zero-order valence-corrected chi connectivity index (χ0v) is 30.9. The summed E-state index contributed by atoms with van der Waals surface area (Å²) in [6.45, 7) is 6.86. The van der Waals surface area contributed by atoms with E-state index in [9.17, 15) is 0 Å². The summed E-state index contributed by atoms with van der Waals surface area (Å²) in [7, 11) is -1.55. The molecule has 0 unspecified atom stereocenters. The number of alkyl halides is 2. The van der Waals surface area contributed by atoms with Gasteiger partial charge in [0.1, 0.15) is 22.6 Å². The van der Waals surface area contributed by atoms with Gasteiger partial charge in [-0.1, -0.05) is 128 Å². The van der Waals surface area contributed by atoms with Crippen molar-refractivity contribution in [3.63, 3.8) is 0 Å². The Kier molecular flexibility index (Phi) is 8.01. The lowest BCUT2D eigenvalue weighted by Gasteiger charge is -2.19. The van der Waals surface area contributed by atoms with Crippen LogP contribution in [0.5, 0.6) is 0 Å². The molecule has 0 aliphatic heterocycles. The number of nitrogens with zero attached hydrogens (tertiary/aromatic N) is 4. The largest absolute Gasteiger partial charge is 0.454 e. The Bertz CT molecular complexity index is 2830. The van der Waals surface area contributed by atoms with E-state index < -0.39 is 19.7 Å². The fourth-order valence-corrected chi connectivity index (χ4v) is 8.21. The molecule has 0 amide bonds. The van der Waals surface area contributed by atoms with Crippen LogP contribution in [-0.2, 0) is 5.92 Å². The molecule has 0 aliphatic rings. The lowest BCUT2D eigenvalue weighted by molar-refractivity contribution is 0.0335. The van der Waals surface area contributed by atoms with Crippen LogP contribution in [0, 0.1) is 0 Å². The minimum atomic E-state index is -3.53. The fraction of sp³-hybridized carbons (Fsp3) is 0.0870. The van der Waals surface area contributed by atoms with E-state index in [0.717, 1.165) is 38.5 Å². The molecule has 5 heterocycles. The Balaban J connectivity index is 1.19. The number of para-hydroxylation sites is 1. The van der Waals surface area contributed by atoms with Crippen LogP contribution in [0.1, 0.15) is 11.4 Å². The van der Waals surface area contributed by atoms with Gasteiger partial charge in [0, 0.05) is 28.3 Å². The normalized spacial score (nSPS) is 12.2. The van der Waals surface area contributed by atoms with E-state index in [4.69, 9.17) is 9.40 Å². The number of halogens is 2. The topological polar surface area (TPSA) is 64.7 Å². The standard InChI is InChI=1S/C46H34F2N4OSi/c1-54(2,3)33-24-22-29(23-25-33)32-27-38(30-13-6-4-7-14-30)51-40(28-32)46(47,48)39-21-11-20-37(50-39)34-17-10-18-35-41-42(31-15-8-5-9-16-31)52-45-36(19-12-26-49-45)44(41)53-43(34)35/h4-28H,1-3H3. The van der Waals surface area contributed by atoms with Gasteiger partial charge in [-0.2, -0.15) is 8.78 Å². The minimum Gasteiger partial charge on any atom is -0.454 e. The number of pyridine rings is 4. The average Bonchev–Trinajstić information content (AvgIpc) is 3.61. The van der Waals surface area contributed by atoms with Crippen molar-refractivity contribution in [2.75, 3.05) is 0 Å². The predicted octanol–water partition coefficient (Wildman–Crippen LogP) is 11.7. The molecule has 8 heteroatoms. The molecule has 0 saturated carbocycles. The van der Waals surface area contributed by atoms with Crippen LogP contribution in [0.2, 0.25) is 19.6 Å². The number of hydrogen-bond donors (Lipinski definition) is 0. The van der Waals surface area contributed by atoms with Crippen LogP contribution < -0.4 is 5.19 Å². The summed E-state index contributed by atoms with van der Waals surface area (Å²) in [5.41, 5.74) is 6.24. The van der Waals surface area contributed by atoms with Gasteiger partial charge in [-0.05, 0) is 53.6 Å². The van der Waals surface area contributed by atoms with E-state index in [0.29, 0.717) is 39.3 Å². The molecular weight excluding hydrogens is 691 g/mol. The van der Waals surface area contributed by atoms with E-state index in [1.54, 1.807) is 18.3 Å². The van der Waals surface area contributed by atoms with Crippen LogP contribution >= 0.6 is 0 Å². The molecule has 4 aromatic carbocycles. The van der Waals surface area contributed by atoms with Crippen molar-refractivity contribution in [2.24, 2.45) is 0 Å².